The average Bonchev–Trinajstić information content (AvgIpc) is 3.61. The van der Waals surface area contributed by atoms with Crippen molar-refractivity contribution in [2.75, 3.05) is 24.7 Å². The van der Waals surface area contributed by atoms with E-state index in [9.17, 15) is 9.18 Å². The fourth-order valence-corrected chi connectivity index (χ4v) is 3.67. The van der Waals surface area contributed by atoms with Gasteiger partial charge in [0.25, 0.3) is 5.91 Å². The van der Waals surface area contributed by atoms with Gasteiger partial charge in [-0.1, -0.05) is 11.8 Å². The maximum atomic E-state index is 14.7. The number of hydrogen-bond acceptors (Lipinski definition) is 5. The largest absolute Gasteiger partial charge is 0.393 e. The highest BCUT2D eigenvalue weighted by Gasteiger charge is 2.46. The molecule has 1 aliphatic heterocycles. The van der Waals surface area contributed by atoms with Crippen LogP contribution < -0.4 is 16.0 Å². The Bertz CT molecular complexity index is 945. The number of nitrogens with one attached hydrogen (secondary N) is 1. The van der Waals surface area contributed by atoms with Gasteiger partial charge in [0.1, 0.15) is 11.5 Å². The van der Waals surface area contributed by atoms with Crippen molar-refractivity contribution in [1.82, 2.24) is 5.32 Å². The van der Waals surface area contributed by atoms with Crippen LogP contribution in [0.15, 0.2) is 30.1 Å². The van der Waals surface area contributed by atoms with E-state index in [4.69, 9.17) is 15.2 Å². The van der Waals surface area contributed by atoms with Crippen molar-refractivity contribution in [3.05, 3.63) is 41.5 Å². The van der Waals surface area contributed by atoms with Crippen LogP contribution in [0.2, 0.25) is 0 Å². The molecule has 31 heavy (non-hydrogen) atoms. The maximum Gasteiger partial charge on any atom is 0.275 e. The summed E-state index contributed by atoms with van der Waals surface area (Å²) in [5.74, 6) is 5.86. The lowest BCUT2D eigenvalue weighted by atomic mass is 10.1. The van der Waals surface area contributed by atoms with E-state index in [1.54, 1.807) is 12.1 Å². The first-order valence-corrected chi connectivity index (χ1v) is 11.1. The lowest BCUT2D eigenvalue weighted by Crippen LogP contribution is -2.40. The summed E-state index contributed by atoms with van der Waals surface area (Å²) in [6, 6.07) is 4.64. The molecule has 0 aromatic heterocycles. The van der Waals surface area contributed by atoms with Crippen LogP contribution in [0.1, 0.15) is 44.1 Å². The molecule has 0 unspecified atom stereocenters. The first-order chi connectivity index (χ1) is 15.0. The van der Waals surface area contributed by atoms with E-state index in [0.717, 1.165) is 38.5 Å². The second-order valence-electron chi connectivity index (χ2n) is 9.18. The number of hydrogen-bond donors (Lipinski definition) is 2. The Hall–Kier alpha value is -2.56. The molecule has 1 spiro atoms. The standard InChI is InChI=1S/C24H28FN3O3/c25-19-8-5-17(4-3-16-1-2-16)11-21(19)28(18-6-7-18)23(29)20(26)12-27-13-22-30-14-24(9-10-24)15-31-22/h5,8,11-12,16,18,22,27H,1-2,6-7,9-10,13-15,26H2/b20-12-. The van der Waals surface area contributed by atoms with Gasteiger partial charge in [-0.05, 0) is 56.7 Å². The summed E-state index contributed by atoms with van der Waals surface area (Å²) in [5.41, 5.74) is 7.27. The Morgan fingerprint density at radius 1 is 1.26 bits per heavy atom. The minimum Gasteiger partial charge on any atom is -0.393 e. The van der Waals surface area contributed by atoms with E-state index < -0.39 is 11.7 Å². The Labute approximate surface area is 181 Å². The van der Waals surface area contributed by atoms with Crippen LogP contribution in [0.5, 0.6) is 0 Å². The van der Waals surface area contributed by atoms with Gasteiger partial charge in [0.15, 0.2) is 6.29 Å². The summed E-state index contributed by atoms with van der Waals surface area (Å²) < 4.78 is 26.1. The van der Waals surface area contributed by atoms with Crippen molar-refractivity contribution < 1.29 is 18.7 Å². The third-order valence-electron chi connectivity index (χ3n) is 6.23. The highest BCUT2D eigenvalue weighted by molar-refractivity contribution is 6.05. The van der Waals surface area contributed by atoms with E-state index >= 15 is 0 Å². The number of nitrogens with two attached hydrogens (primary N) is 1. The number of rotatable bonds is 6. The van der Waals surface area contributed by atoms with Crippen LogP contribution in [0.3, 0.4) is 0 Å². The molecule has 3 saturated carbocycles. The molecule has 0 radical (unpaired) electrons. The van der Waals surface area contributed by atoms with Crippen molar-refractivity contribution in [3.8, 4) is 11.8 Å². The summed E-state index contributed by atoms with van der Waals surface area (Å²) in [6.45, 7) is 1.83. The lowest BCUT2D eigenvalue weighted by Gasteiger charge is -2.29. The average molecular weight is 426 g/mol. The summed E-state index contributed by atoms with van der Waals surface area (Å²) in [5, 5.41) is 3.01. The first kappa shape index (κ1) is 20.3. The third kappa shape index (κ3) is 4.86. The molecular formula is C24H28FN3O3. The molecular weight excluding hydrogens is 397 g/mol. The van der Waals surface area contributed by atoms with Crippen LogP contribution in [-0.2, 0) is 14.3 Å². The molecule has 0 atom stereocenters. The number of anilines is 1. The van der Waals surface area contributed by atoms with Crippen LogP contribution >= 0.6 is 0 Å². The molecule has 1 heterocycles. The van der Waals surface area contributed by atoms with Gasteiger partial charge in [-0.3, -0.25) is 4.79 Å². The van der Waals surface area contributed by atoms with Crippen LogP contribution in [0.4, 0.5) is 10.1 Å². The van der Waals surface area contributed by atoms with Gasteiger partial charge in [0.2, 0.25) is 0 Å². The minimum atomic E-state index is -0.448. The normalized spacial score (nSPS) is 22.5. The van der Waals surface area contributed by atoms with Gasteiger partial charge in [-0.2, -0.15) is 0 Å². The molecule has 1 amide bonds. The van der Waals surface area contributed by atoms with E-state index in [-0.39, 0.29) is 29.1 Å². The number of ether oxygens (including phenoxy) is 2. The Balaban J connectivity index is 1.24. The second kappa shape index (κ2) is 8.18. The molecule has 4 fully saturated rings. The number of carbonyl (C=O) groups is 1. The Morgan fingerprint density at radius 2 is 2.00 bits per heavy atom. The molecule has 1 aromatic carbocycles. The fourth-order valence-electron chi connectivity index (χ4n) is 3.67. The van der Waals surface area contributed by atoms with Gasteiger partial charge in [-0.15, -0.1) is 0 Å². The zero-order valence-corrected chi connectivity index (χ0v) is 17.5. The second-order valence-corrected chi connectivity index (χ2v) is 9.18. The van der Waals surface area contributed by atoms with Crippen molar-refractivity contribution >= 4 is 11.6 Å². The van der Waals surface area contributed by atoms with Crippen molar-refractivity contribution in [2.24, 2.45) is 17.1 Å². The van der Waals surface area contributed by atoms with E-state index in [0.29, 0.717) is 31.2 Å². The van der Waals surface area contributed by atoms with Gasteiger partial charge in [0, 0.05) is 29.1 Å². The van der Waals surface area contributed by atoms with Crippen molar-refractivity contribution in [3.63, 3.8) is 0 Å². The highest BCUT2D eigenvalue weighted by atomic mass is 19.1. The Morgan fingerprint density at radius 3 is 2.65 bits per heavy atom. The van der Waals surface area contributed by atoms with E-state index in [1.165, 1.54) is 17.2 Å². The summed E-state index contributed by atoms with van der Waals surface area (Å²) in [6.07, 6.45) is 7.33. The zero-order valence-electron chi connectivity index (χ0n) is 17.5. The molecule has 6 nitrogen and oxygen atoms in total. The SMILES string of the molecule is N/C(=C\NCC1OCC2(CC2)CO1)C(=O)N(c1cc(C#CC2CC2)ccc1F)C1CC1. The molecule has 1 saturated heterocycles. The van der Waals surface area contributed by atoms with Crippen LogP contribution in [0.25, 0.3) is 0 Å². The van der Waals surface area contributed by atoms with Gasteiger partial charge >= 0.3 is 0 Å². The van der Waals surface area contributed by atoms with Gasteiger partial charge < -0.3 is 25.4 Å². The molecule has 4 aliphatic rings. The highest BCUT2D eigenvalue weighted by Crippen LogP contribution is 2.48. The van der Waals surface area contributed by atoms with E-state index in [2.05, 4.69) is 17.2 Å². The molecule has 3 aliphatic carbocycles. The predicted molar refractivity (Wildman–Crippen MR) is 114 cm³/mol. The molecule has 3 N–H and O–H groups in total. The summed E-state index contributed by atoms with van der Waals surface area (Å²) >= 11 is 0. The fraction of sp³-hybridized carbons (Fsp3) is 0.542. The number of nitrogens with zero attached hydrogens (tertiary/aromatic N) is 1. The van der Waals surface area contributed by atoms with Gasteiger partial charge in [0.05, 0.1) is 25.4 Å². The maximum absolute atomic E-state index is 14.7. The van der Waals surface area contributed by atoms with E-state index in [1.807, 2.05) is 0 Å². The quantitative estimate of drug-likeness (QED) is 0.541. The van der Waals surface area contributed by atoms with Gasteiger partial charge in [-0.25, -0.2) is 4.39 Å². The van der Waals surface area contributed by atoms with Crippen molar-refractivity contribution in [2.45, 2.75) is 50.9 Å². The smallest absolute Gasteiger partial charge is 0.275 e. The lowest BCUT2D eigenvalue weighted by molar-refractivity contribution is -0.203. The predicted octanol–water partition coefficient (Wildman–Crippen LogP) is 2.63. The molecule has 0 bridgehead atoms. The topological polar surface area (TPSA) is 76.8 Å². The summed E-state index contributed by atoms with van der Waals surface area (Å²) in [4.78, 5) is 14.5. The molecule has 7 heteroatoms. The van der Waals surface area contributed by atoms with Crippen LogP contribution in [0, 0.1) is 29.0 Å². The molecule has 5 rings (SSSR count). The number of amides is 1. The summed E-state index contributed by atoms with van der Waals surface area (Å²) in [7, 11) is 0. The van der Waals surface area contributed by atoms with Crippen LogP contribution in [-0.4, -0.2) is 38.0 Å². The first-order valence-electron chi connectivity index (χ1n) is 11.1. The monoisotopic (exact) mass is 425 g/mol. The number of halogens is 1. The zero-order chi connectivity index (χ0) is 21.4. The van der Waals surface area contributed by atoms with Crippen molar-refractivity contribution in [1.29, 1.82) is 0 Å². The molecule has 1 aromatic rings. The minimum absolute atomic E-state index is 0.0234. The number of carbonyl (C=O) groups excluding carboxylic acids is 1. The Kier molecular flexibility index (Phi) is 5.37. The number of benzene rings is 1. The third-order valence-corrected chi connectivity index (χ3v) is 6.23. The molecule has 164 valence electrons.